The number of hydrogen-bond acceptors (Lipinski definition) is 8. The molecule has 2 amide bonds. The molecule has 43 heavy (non-hydrogen) atoms. The van der Waals surface area contributed by atoms with Crippen molar-refractivity contribution in [3.63, 3.8) is 0 Å². The number of fused-ring (bicyclic) bond motifs is 1. The van der Waals surface area contributed by atoms with Crippen LogP contribution in [0.1, 0.15) is 26.7 Å². The Labute approximate surface area is 252 Å². The lowest BCUT2D eigenvalue weighted by atomic mass is 10.1. The maximum atomic E-state index is 14.2. The lowest BCUT2D eigenvalue weighted by Gasteiger charge is -2.35. The summed E-state index contributed by atoms with van der Waals surface area (Å²) in [6.45, 7) is 6.49. The number of likely N-dealkylation sites (tertiary alicyclic amines) is 1. The van der Waals surface area contributed by atoms with E-state index >= 15 is 0 Å². The highest BCUT2D eigenvalue weighted by molar-refractivity contribution is 7.92. The lowest BCUT2D eigenvalue weighted by Crippen LogP contribution is -2.48. The van der Waals surface area contributed by atoms with Crippen LogP contribution in [0.2, 0.25) is 5.15 Å². The first kappa shape index (κ1) is 30.3. The molecule has 4 aromatic rings. The van der Waals surface area contributed by atoms with Crippen LogP contribution in [0, 0.1) is 11.6 Å². The third-order valence-electron chi connectivity index (χ3n) is 7.18. The molecule has 2 N–H and O–H groups in total. The monoisotopic (exact) mass is 630 g/mol. The minimum atomic E-state index is -4.45. The van der Waals surface area contributed by atoms with Crippen LogP contribution in [-0.2, 0) is 10.0 Å². The predicted octanol–water partition coefficient (Wildman–Crippen LogP) is 5.16. The maximum Gasteiger partial charge on any atom is 0.319 e. The zero-order valence-corrected chi connectivity index (χ0v) is 25.0. The van der Waals surface area contributed by atoms with Crippen molar-refractivity contribution in [3.05, 3.63) is 65.7 Å². The van der Waals surface area contributed by atoms with Gasteiger partial charge in [-0.05, 0) is 57.0 Å². The van der Waals surface area contributed by atoms with Crippen molar-refractivity contribution in [1.82, 2.24) is 29.7 Å². The number of sulfonamides is 1. The van der Waals surface area contributed by atoms with E-state index in [0.29, 0.717) is 60.4 Å². The Bertz CT molecular complexity index is 1770. The fraction of sp³-hybridized carbons (Fsp3) is 0.321. The first-order chi connectivity index (χ1) is 20.6. The van der Waals surface area contributed by atoms with Crippen LogP contribution >= 0.6 is 11.6 Å². The van der Waals surface area contributed by atoms with Crippen LogP contribution in [0.25, 0.3) is 22.3 Å². The fourth-order valence-corrected chi connectivity index (χ4v) is 6.19. The molecule has 0 spiro atoms. The number of nitrogens with zero attached hydrogens (tertiary/aromatic N) is 6. The summed E-state index contributed by atoms with van der Waals surface area (Å²) in [5.41, 5.74) is 1.82. The Morgan fingerprint density at radius 2 is 1.81 bits per heavy atom. The van der Waals surface area contributed by atoms with Crippen molar-refractivity contribution in [2.24, 2.45) is 0 Å². The van der Waals surface area contributed by atoms with Crippen LogP contribution in [0.5, 0.6) is 0 Å². The lowest BCUT2D eigenvalue weighted by molar-refractivity contribution is 0.145. The van der Waals surface area contributed by atoms with Gasteiger partial charge >= 0.3 is 6.03 Å². The van der Waals surface area contributed by atoms with Crippen LogP contribution in [-0.4, -0.2) is 76.4 Å². The number of amides is 2. The molecule has 3 aromatic heterocycles. The molecule has 0 aliphatic carbocycles. The second-order valence-electron chi connectivity index (χ2n) is 9.89. The van der Waals surface area contributed by atoms with E-state index in [4.69, 9.17) is 16.6 Å². The number of urea groups is 1. The van der Waals surface area contributed by atoms with E-state index in [2.05, 4.69) is 25.0 Å². The molecule has 15 heteroatoms. The van der Waals surface area contributed by atoms with Gasteiger partial charge in [-0.2, -0.15) is 0 Å². The van der Waals surface area contributed by atoms with E-state index in [1.165, 1.54) is 18.6 Å². The summed E-state index contributed by atoms with van der Waals surface area (Å²) in [4.78, 5) is 33.2. The Morgan fingerprint density at radius 3 is 2.51 bits per heavy atom. The highest BCUT2D eigenvalue weighted by Gasteiger charge is 2.26. The van der Waals surface area contributed by atoms with Gasteiger partial charge in [-0.3, -0.25) is 4.72 Å². The van der Waals surface area contributed by atoms with Crippen LogP contribution in [0.15, 0.2) is 53.8 Å². The van der Waals surface area contributed by atoms with Crippen molar-refractivity contribution in [1.29, 1.82) is 0 Å². The molecule has 1 aliphatic heterocycles. The Hall–Kier alpha value is -4.17. The Kier molecular flexibility index (Phi) is 8.87. The van der Waals surface area contributed by atoms with E-state index < -0.39 is 26.6 Å². The summed E-state index contributed by atoms with van der Waals surface area (Å²) in [6.07, 6.45) is 4.33. The third kappa shape index (κ3) is 6.59. The van der Waals surface area contributed by atoms with Gasteiger partial charge < -0.3 is 15.1 Å². The Balaban J connectivity index is 1.37. The molecule has 1 aliphatic rings. The molecular formula is C28H29ClF2N8O3S. The number of aromatic nitrogens is 4. The SMILES string of the molecule is CCN(CC)C(=O)N1CCC(Nc2ncnc3ccc(-c4cnc(Cl)c(NS(=O)(=O)c5ccc(F)cc5F)c4)nc23)CC1. The van der Waals surface area contributed by atoms with Gasteiger partial charge in [0.15, 0.2) is 11.0 Å². The van der Waals surface area contributed by atoms with E-state index in [1.807, 2.05) is 18.7 Å². The van der Waals surface area contributed by atoms with Crippen molar-refractivity contribution in [2.75, 3.05) is 36.2 Å². The van der Waals surface area contributed by atoms with Gasteiger partial charge in [0.1, 0.15) is 28.4 Å². The molecule has 0 bridgehead atoms. The summed E-state index contributed by atoms with van der Waals surface area (Å²) < 4.78 is 55.4. The molecule has 1 aromatic carbocycles. The van der Waals surface area contributed by atoms with Crippen LogP contribution in [0.3, 0.4) is 0 Å². The third-order valence-corrected chi connectivity index (χ3v) is 8.88. The quantitative estimate of drug-likeness (QED) is 0.255. The fourth-order valence-electron chi connectivity index (χ4n) is 4.86. The molecule has 5 rings (SSSR count). The summed E-state index contributed by atoms with van der Waals surface area (Å²) in [5, 5.41) is 3.27. The average Bonchev–Trinajstić information content (AvgIpc) is 2.99. The molecular weight excluding hydrogens is 602 g/mol. The molecule has 0 saturated carbocycles. The molecule has 1 saturated heterocycles. The summed E-state index contributed by atoms with van der Waals surface area (Å²) in [6, 6.07) is 7.12. The van der Waals surface area contributed by atoms with Crippen LogP contribution < -0.4 is 10.0 Å². The number of pyridine rings is 2. The smallest absolute Gasteiger partial charge is 0.319 e. The van der Waals surface area contributed by atoms with Crippen molar-refractivity contribution in [2.45, 2.75) is 37.6 Å². The Morgan fingerprint density at radius 1 is 1.07 bits per heavy atom. The highest BCUT2D eigenvalue weighted by atomic mass is 35.5. The number of halogens is 3. The minimum absolute atomic E-state index is 0.0447. The second-order valence-corrected chi connectivity index (χ2v) is 11.9. The van der Waals surface area contributed by atoms with Crippen molar-refractivity contribution < 1.29 is 22.0 Å². The number of benzene rings is 1. The number of piperidine rings is 1. The van der Waals surface area contributed by atoms with Gasteiger partial charge in [0, 0.05) is 50.0 Å². The number of nitrogens with one attached hydrogen (secondary N) is 2. The minimum Gasteiger partial charge on any atom is -0.365 e. The summed E-state index contributed by atoms with van der Waals surface area (Å²) >= 11 is 6.17. The predicted molar refractivity (Wildman–Crippen MR) is 159 cm³/mol. The van der Waals surface area contributed by atoms with Crippen molar-refractivity contribution >= 4 is 50.2 Å². The summed E-state index contributed by atoms with van der Waals surface area (Å²) in [5.74, 6) is -1.63. The second kappa shape index (κ2) is 12.6. The molecule has 11 nitrogen and oxygen atoms in total. The number of hydrogen-bond donors (Lipinski definition) is 2. The highest BCUT2D eigenvalue weighted by Crippen LogP contribution is 2.30. The number of rotatable bonds is 8. The molecule has 0 radical (unpaired) electrons. The number of carbonyl (C=O) groups excluding carboxylic acids is 1. The average molecular weight is 631 g/mol. The maximum absolute atomic E-state index is 14.2. The molecule has 4 heterocycles. The molecule has 1 fully saturated rings. The standard InChI is InChI=1S/C28H29ClF2N8O3S/c1-3-38(4-2)28(40)39-11-9-19(10-12-39)35-27-25-22(33-16-34-27)7-6-21(36-25)17-13-23(26(29)32-15-17)37-43(41,42)24-8-5-18(30)14-20(24)31/h5-8,13-16,19,37H,3-4,9-12H2,1-2H3,(H,33,34,35). The van der Waals surface area contributed by atoms with Gasteiger partial charge in [0.05, 0.1) is 16.9 Å². The normalized spacial score (nSPS) is 14.1. The van der Waals surface area contributed by atoms with E-state index in [9.17, 15) is 22.0 Å². The van der Waals surface area contributed by atoms with Crippen molar-refractivity contribution in [3.8, 4) is 11.3 Å². The molecule has 0 unspecified atom stereocenters. The van der Waals surface area contributed by atoms with Gasteiger partial charge in [-0.15, -0.1) is 0 Å². The van der Waals surface area contributed by atoms with Gasteiger partial charge in [-0.1, -0.05) is 11.6 Å². The zero-order valence-electron chi connectivity index (χ0n) is 23.4. The van der Waals surface area contributed by atoms with E-state index in [0.717, 1.165) is 25.0 Å². The topological polar surface area (TPSA) is 133 Å². The van der Waals surface area contributed by atoms with E-state index in [1.54, 1.807) is 17.0 Å². The number of anilines is 2. The largest absolute Gasteiger partial charge is 0.365 e. The zero-order chi connectivity index (χ0) is 30.7. The summed E-state index contributed by atoms with van der Waals surface area (Å²) in [7, 11) is -4.45. The van der Waals surface area contributed by atoms with Crippen LogP contribution in [0.4, 0.5) is 25.1 Å². The molecule has 226 valence electrons. The molecule has 0 atom stereocenters. The first-order valence-corrected chi connectivity index (χ1v) is 15.5. The van der Waals surface area contributed by atoms with Gasteiger partial charge in [0.2, 0.25) is 0 Å². The first-order valence-electron chi connectivity index (χ1n) is 13.7. The number of carbonyl (C=O) groups is 1. The van der Waals surface area contributed by atoms with Gasteiger partial charge in [0.25, 0.3) is 10.0 Å². The van der Waals surface area contributed by atoms with E-state index in [-0.39, 0.29) is 22.9 Å². The van der Waals surface area contributed by atoms with Gasteiger partial charge in [-0.25, -0.2) is 41.9 Å².